The second-order valence-corrected chi connectivity index (χ2v) is 5.18. The summed E-state index contributed by atoms with van der Waals surface area (Å²) in [7, 11) is 2.10. The van der Waals surface area contributed by atoms with Gasteiger partial charge in [0, 0.05) is 17.9 Å². The largest absolute Gasteiger partial charge is 0.381 e. The molecule has 0 radical (unpaired) electrons. The summed E-state index contributed by atoms with van der Waals surface area (Å²) in [6, 6.07) is 9.10. The number of carbonyl (C=O) groups excluding carboxylic acids is 1. The van der Waals surface area contributed by atoms with Crippen LogP contribution in [0.1, 0.15) is 23.7 Å². The first kappa shape index (κ1) is 12.3. The maximum atomic E-state index is 12.4. The molecule has 17 heavy (non-hydrogen) atoms. The van der Waals surface area contributed by atoms with Crippen molar-refractivity contribution in [3.8, 4) is 0 Å². The zero-order valence-electron chi connectivity index (χ0n) is 10.4. The molecule has 0 bridgehead atoms. The van der Waals surface area contributed by atoms with E-state index in [4.69, 9.17) is 0 Å². The fourth-order valence-corrected chi connectivity index (χ4v) is 2.62. The molecule has 3 heteroatoms. The van der Waals surface area contributed by atoms with Gasteiger partial charge >= 0.3 is 0 Å². The molecule has 0 aromatic heterocycles. The van der Waals surface area contributed by atoms with Crippen molar-refractivity contribution < 1.29 is 14.8 Å². The highest BCUT2D eigenvalue weighted by Gasteiger charge is 2.46. The van der Waals surface area contributed by atoms with E-state index in [-0.39, 0.29) is 11.7 Å². The second kappa shape index (κ2) is 4.59. The van der Waals surface area contributed by atoms with Crippen molar-refractivity contribution in [2.75, 3.05) is 20.1 Å². The normalized spacial score (nSPS) is 33.4. The SMILES string of the molecule is C[C@@H]1C[NH+](C)CC[C@]1(O)C(=O)c1ccccc1. The van der Waals surface area contributed by atoms with E-state index >= 15 is 0 Å². The monoisotopic (exact) mass is 234 g/mol. The molecule has 0 saturated carbocycles. The molecule has 1 aliphatic heterocycles. The lowest BCUT2D eigenvalue weighted by Gasteiger charge is -2.38. The second-order valence-electron chi connectivity index (χ2n) is 5.18. The minimum absolute atomic E-state index is 0.00366. The van der Waals surface area contributed by atoms with Crippen molar-refractivity contribution in [1.29, 1.82) is 0 Å². The van der Waals surface area contributed by atoms with Gasteiger partial charge in [-0.3, -0.25) is 4.79 Å². The zero-order valence-corrected chi connectivity index (χ0v) is 10.4. The van der Waals surface area contributed by atoms with Gasteiger partial charge in [0.1, 0.15) is 5.60 Å². The Hall–Kier alpha value is -1.19. The maximum Gasteiger partial charge on any atom is 0.195 e. The van der Waals surface area contributed by atoms with Crippen LogP contribution in [0.25, 0.3) is 0 Å². The molecule has 0 amide bonds. The molecule has 2 N–H and O–H groups in total. The minimum Gasteiger partial charge on any atom is -0.381 e. The summed E-state index contributed by atoms with van der Waals surface area (Å²) in [6.07, 6.45) is 0.549. The molecule has 1 aromatic rings. The summed E-state index contributed by atoms with van der Waals surface area (Å²) < 4.78 is 0. The van der Waals surface area contributed by atoms with Gasteiger partial charge in [0.05, 0.1) is 20.1 Å². The Morgan fingerprint density at radius 1 is 1.41 bits per heavy atom. The Morgan fingerprint density at radius 3 is 2.65 bits per heavy atom. The minimum atomic E-state index is -1.18. The molecule has 3 atom stereocenters. The summed E-state index contributed by atoms with van der Waals surface area (Å²) >= 11 is 0. The lowest BCUT2D eigenvalue weighted by atomic mass is 9.77. The predicted molar refractivity (Wildman–Crippen MR) is 66.1 cm³/mol. The number of hydrogen-bond donors (Lipinski definition) is 2. The van der Waals surface area contributed by atoms with Crippen LogP contribution in [0.2, 0.25) is 0 Å². The molecule has 1 saturated heterocycles. The van der Waals surface area contributed by atoms with Crippen LogP contribution in [-0.2, 0) is 0 Å². The molecule has 0 spiro atoms. The average molecular weight is 234 g/mol. The van der Waals surface area contributed by atoms with Crippen LogP contribution in [0.15, 0.2) is 30.3 Å². The number of Topliss-reactive ketones (excluding diaryl/α,β-unsaturated/α-hetero) is 1. The first-order chi connectivity index (χ1) is 8.04. The first-order valence-corrected chi connectivity index (χ1v) is 6.17. The van der Waals surface area contributed by atoms with Gasteiger partial charge in [-0.15, -0.1) is 0 Å². The van der Waals surface area contributed by atoms with Gasteiger partial charge < -0.3 is 10.0 Å². The van der Waals surface area contributed by atoms with Crippen LogP contribution >= 0.6 is 0 Å². The van der Waals surface area contributed by atoms with Crippen LogP contribution in [-0.4, -0.2) is 36.6 Å². The number of hydrogen-bond acceptors (Lipinski definition) is 2. The van der Waals surface area contributed by atoms with Gasteiger partial charge in [0.2, 0.25) is 0 Å². The van der Waals surface area contributed by atoms with Crippen molar-refractivity contribution in [2.24, 2.45) is 5.92 Å². The van der Waals surface area contributed by atoms with Gasteiger partial charge in [-0.1, -0.05) is 37.3 Å². The number of quaternary nitrogens is 1. The molecule has 92 valence electrons. The van der Waals surface area contributed by atoms with Crippen LogP contribution in [0.4, 0.5) is 0 Å². The maximum absolute atomic E-state index is 12.4. The molecule has 1 heterocycles. The van der Waals surface area contributed by atoms with E-state index < -0.39 is 5.60 Å². The summed E-state index contributed by atoms with van der Waals surface area (Å²) in [5.74, 6) is -0.123. The zero-order chi connectivity index (χ0) is 12.5. The third kappa shape index (κ3) is 2.26. The van der Waals surface area contributed by atoms with E-state index in [1.54, 1.807) is 12.1 Å². The summed E-state index contributed by atoms with van der Waals surface area (Å²) in [5, 5.41) is 10.6. The Balaban J connectivity index is 2.24. The number of likely N-dealkylation sites (tertiary alicyclic amines) is 1. The smallest absolute Gasteiger partial charge is 0.195 e. The third-order valence-electron chi connectivity index (χ3n) is 3.83. The Labute approximate surface area is 102 Å². The number of ketones is 1. The number of nitrogens with one attached hydrogen (secondary N) is 1. The molecule has 0 aliphatic carbocycles. The molecule has 1 aliphatic rings. The number of benzene rings is 1. The fourth-order valence-electron chi connectivity index (χ4n) is 2.62. The molecule has 2 rings (SSSR count). The van der Waals surface area contributed by atoms with E-state index in [1.807, 2.05) is 25.1 Å². The fraction of sp³-hybridized carbons (Fsp3) is 0.500. The third-order valence-corrected chi connectivity index (χ3v) is 3.83. The highest BCUT2D eigenvalue weighted by Crippen LogP contribution is 2.26. The van der Waals surface area contributed by atoms with Crippen molar-refractivity contribution in [2.45, 2.75) is 18.9 Å². The lowest BCUT2D eigenvalue weighted by molar-refractivity contribution is -0.890. The molecule has 1 unspecified atom stereocenters. The lowest BCUT2D eigenvalue weighted by Crippen LogP contribution is -3.12. The highest BCUT2D eigenvalue weighted by atomic mass is 16.3. The van der Waals surface area contributed by atoms with Crippen molar-refractivity contribution in [3.05, 3.63) is 35.9 Å². The van der Waals surface area contributed by atoms with Crippen molar-refractivity contribution >= 4 is 5.78 Å². The van der Waals surface area contributed by atoms with E-state index in [0.29, 0.717) is 12.0 Å². The van der Waals surface area contributed by atoms with E-state index in [0.717, 1.165) is 13.1 Å². The molecule has 3 nitrogen and oxygen atoms in total. The van der Waals surface area contributed by atoms with Gasteiger partial charge in [0.15, 0.2) is 5.78 Å². The van der Waals surface area contributed by atoms with Crippen LogP contribution in [0.5, 0.6) is 0 Å². The highest BCUT2D eigenvalue weighted by molar-refractivity contribution is 6.02. The predicted octanol–water partition coefficient (Wildman–Crippen LogP) is 0.155. The van der Waals surface area contributed by atoms with E-state index in [2.05, 4.69) is 7.05 Å². The van der Waals surface area contributed by atoms with Crippen LogP contribution < -0.4 is 4.90 Å². The standard InChI is InChI=1S/C14H19NO2/c1-11-10-15(2)9-8-14(11,17)13(16)12-6-4-3-5-7-12/h3-7,11,17H,8-10H2,1-2H3/p+1/t11-,14-/m1/s1. The first-order valence-electron chi connectivity index (χ1n) is 6.17. The summed E-state index contributed by atoms with van der Waals surface area (Å²) in [4.78, 5) is 13.8. The summed E-state index contributed by atoms with van der Waals surface area (Å²) in [6.45, 7) is 3.65. The quantitative estimate of drug-likeness (QED) is 0.716. The van der Waals surface area contributed by atoms with Crippen LogP contribution in [0.3, 0.4) is 0 Å². The number of carbonyl (C=O) groups is 1. The van der Waals surface area contributed by atoms with Gasteiger partial charge in [-0.2, -0.15) is 0 Å². The molecule has 1 fully saturated rings. The van der Waals surface area contributed by atoms with Gasteiger partial charge in [-0.25, -0.2) is 0 Å². The molecule has 1 aromatic carbocycles. The Morgan fingerprint density at radius 2 is 2.06 bits per heavy atom. The number of rotatable bonds is 2. The van der Waals surface area contributed by atoms with Crippen molar-refractivity contribution in [3.63, 3.8) is 0 Å². The number of piperidine rings is 1. The molecular formula is C14H20NO2+. The topological polar surface area (TPSA) is 41.7 Å². The summed E-state index contributed by atoms with van der Waals surface area (Å²) in [5.41, 5.74) is -0.567. The van der Waals surface area contributed by atoms with E-state index in [1.165, 1.54) is 4.90 Å². The number of aliphatic hydroxyl groups is 1. The molecular weight excluding hydrogens is 214 g/mol. The average Bonchev–Trinajstić information content (AvgIpc) is 2.34. The van der Waals surface area contributed by atoms with Crippen LogP contribution in [0, 0.1) is 5.92 Å². The van der Waals surface area contributed by atoms with Crippen molar-refractivity contribution in [1.82, 2.24) is 0 Å². The Bertz CT molecular complexity index is 404. The van der Waals surface area contributed by atoms with E-state index in [9.17, 15) is 9.90 Å². The Kier molecular flexibility index (Phi) is 3.31. The van der Waals surface area contributed by atoms with Gasteiger partial charge in [-0.05, 0) is 0 Å². The van der Waals surface area contributed by atoms with Gasteiger partial charge in [0.25, 0.3) is 0 Å².